The van der Waals surface area contributed by atoms with Gasteiger partial charge in [0.1, 0.15) is 0 Å². The van der Waals surface area contributed by atoms with Crippen molar-refractivity contribution in [1.82, 2.24) is 10.3 Å². The van der Waals surface area contributed by atoms with Crippen LogP contribution in [0.3, 0.4) is 0 Å². The molecule has 1 aliphatic heterocycles. The topological polar surface area (TPSA) is 28.2 Å². The molecule has 1 saturated heterocycles. The van der Waals surface area contributed by atoms with Crippen LogP contribution in [0.4, 0.5) is 5.13 Å². The Hall–Kier alpha value is -1.13. The third kappa shape index (κ3) is 1.99. The van der Waals surface area contributed by atoms with Crippen LogP contribution >= 0.6 is 11.3 Å². The molecule has 1 aromatic carbocycles. The van der Waals surface area contributed by atoms with Crippen molar-refractivity contribution in [2.45, 2.75) is 32.9 Å². The molecule has 4 heteroatoms. The minimum absolute atomic E-state index is 0.500. The molecule has 3 nitrogen and oxygen atoms in total. The summed E-state index contributed by atoms with van der Waals surface area (Å²) in [4.78, 5) is 7.21. The van der Waals surface area contributed by atoms with Crippen molar-refractivity contribution in [3.8, 4) is 0 Å². The van der Waals surface area contributed by atoms with E-state index < -0.39 is 0 Å². The van der Waals surface area contributed by atoms with Crippen LogP contribution in [0.1, 0.15) is 19.4 Å². The van der Waals surface area contributed by atoms with Gasteiger partial charge in [-0.2, -0.15) is 0 Å². The number of fused-ring (bicyclic) bond motifs is 1. The van der Waals surface area contributed by atoms with Gasteiger partial charge in [0.25, 0.3) is 0 Å². The molecule has 1 aliphatic rings. The van der Waals surface area contributed by atoms with Gasteiger partial charge in [-0.1, -0.05) is 17.4 Å². The van der Waals surface area contributed by atoms with Crippen LogP contribution in [0.25, 0.3) is 10.2 Å². The van der Waals surface area contributed by atoms with Crippen LogP contribution in [-0.2, 0) is 0 Å². The molecule has 0 saturated carbocycles. The molecule has 1 aromatic heterocycles. The lowest BCUT2D eigenvalue weighted by Crippen LogP contribution is -2.55. The largest absolute Gasteiger partial charge is 0.343 e. The zero-order valence-electron chi connectivity index (χ0n) is 11.1. The fraction of sp³-hybridized carbons (Fsp3) is 0.500. The van der Waals surface area contributed by atoms with Crippen LogP contribution in [0.2, 0.25) is 0 Å². The van der Waals surface area contributed by atoms with Gasteiger partial charge in [0.15, 0.2) is 5.13 Å². The fourth-order valence-electron chi connectivity index (χ4n) is 2.47. The SMILES string of the molecule is Cc1ccc2nc(N3CCN[C@@H](C)[C@H]3C)sc2c1. The minimum atomic E-state index is 0.500. The van der Waals surface area contributed by atoms with Gasteiger partial charge in [0.05, 0.1) is 10.2 Å². The van der Waals surface area contributed by atoms with Gasteiger partial charge >= 0.3 is 0 Å². The van der Waals surface area contributed by atoms with Gasteiger partial charge in [-0.15, -0.1) is 0 Å². The molecular formula is C14H19N3S. The molecule has 2 aromatic rings. The second kappa shape index (κ2) is 4.52. The Balaban J connectivity index is 1.98. The van der Waals surface area contributed by atoms with E-state index in [2.05, 4.69) is 49.2 Å². The van der Waals surface area contributed by atoms with Crippen molar-refractivity contribution in [2.24, 2.45) is 0 Å². The van der Waals surface area contributed by atoms with Crippen LogP contribution in [0.5, 0.6) is 0 Å². The van der Waals surface area contributed by atoms with Crippen molar-refractivity contribution in [2.75, 3.05) is 18.0 Å². The molecule has 18 heavy (non-hydrogen) atoms. The van der Waals surface area contributed by atoms with Gasteiger partial charge < -0.3 is 10.2 Å². The van der Waals surface area contributed by atoms with E-state index in [0.29, 0.717) is 12.1 Å². The van der Waals surface area contributed by atoms with Gasteiger partial charge in [-0.3, -0.25) is 0 Å². The highest BCUT2D eigenvalue weighted by Gasteiger charge is 2.26. The van der Waals surface area contributed by atoms with Crippen LogP contribution < -0.4 is 10.2 Å². The molecule has 2 heterocycles. The van der Waals surface area contributed by atoms with E-state index in [0.717, 1.165) is 23.7 Å². The number of anilines is 1. The minimum Gasteiger partial charge on any atom is -0.343 e. The summed E-state index contributed by atoms with van der Waals surface area (Å²) in [6.45, 7) is 8.74. The number of thiazole rings is 1. The number of rotatable bonds is 1. The highest BCUT2D eigenvalue weighted by Crippen LogP contribution is 2.31. The van der Waals surface area contributed by atoms with Gasteiger partial charge in [-0.25, -0.2) is 4.98 Å². The van der Waals surface area contributed by atoms with E-state index in [4.69, 9.17) is 4.98 Å². The summed E-state index contributed by atoms with van der Waals surface area (Å²) in [7, 11) is 0. The first-order chi connectivity index (χ1) is 8.65. The normalized spacial score (nSPS) is 24.7. The Morgan fingerprint density at radius 1 is 1.39 bits per heavy atom. The Bertz CT molecular complexity index is 563. The average Bonchev–Trinajstić information content (AvgIpc) is 2.75. The summed E-state index contributed by atoms with van der Waals surface area (Å²) in [5.41, 5.74) is 2.43. The molecule has 0 radical (unpaired) electrons. The van der Waals surface area contributed by atoms with E-state index in [1.165, 1.54) is 10.3 Å². The number of nitrogens with zero attached hydrogens (tertiary/aromatic N) is 2. The predicted molar refractivity (Wildman–Crippen MR) is 78.6 cm³/mol. The first kappa shape index (κ1) is 11.9. The Morgan fingerprint density at radius 3 is 3.06 bits per heavy atom. The third-order valence-corrected chi connectivity index (χ3v) is 4.87. The van der Waals surface area contributed by atoms with Crippen molar-refractivity contribution in [1.29, 1.82) is 0 Å². The lowest BCUT2D eigenvalue weighted by Gasteiger charge is -2.38. The summed E-state index contributed by atoms with van der Waals surface area (Å²) in [5.74, 6) is 0. The first-order valence-corrected chi connectivity index (χ1v) is 7.34. The van der Waals surface area contributed by atoms with Crippen molar-refractivity contribution in [3.05, 3.63) is 23.8 Å². The fourth-order valence-corrected chi connectivity index (χ4v) is 3.65. The van der Waals surface area contributed by atoms with E-state index >= 15 is 0 Å². The second-order valence-electron chi connectivity index (χ2n) is 5.14. The number of hydrogen-bond donors (Lipinski definition) is 1. The molecule has 0 spiro atoms. The zero-order chi connectivity index (χ0) is 12.7. The van der Waals surface area contributed by atoms with Crippen molar-refractivity contribution >= 4 is 26.7 Å². The number of piperazine rings is 1. The Labute approximate surface area is 112 Å². The van der Waals surface area contributed by atoms with E-state index in [1.807, 2.05) is 11.3 Å². The number of hydrogen-bond acceptors (Lipinski definition) is 4. The van der Waals surface area contributed by atoms with Crippen LogP contribution in [0, 0.1) is 6.92 Å². The third-order valence-electron chi connectivity index (χ3n) is 3.81. The number of nitrogens with one attached hydrogen (secondary N) is 1. The molecule has 96 valence electrons. The molecule has 2 atom stereocenters. The summed E-state index contributed by atoms with van der Waals surface area (Å²) >= 11 is 1.81. The molecular weight excluding hydrogens is 242 g/mol. The molecule has 3 rings (SSSR count). The highest BCUT2D eigenvalue weighted by molar-refractivity contribution is 7.22. The zero-order valence-corrected chi connectivity index (χ0v) is 11.9. The predicted octanol–water partition coefficient (Wildman–Crippen LogP) is 2.79. The van der Waals surface area contributed by atoms with E-state index in [1.54, 1.807) is 0 Å². The molecule has 0 unspecified atom stereocenters. The smallest absolute Gasteiger partial charge is 0.186 e. The maximum Gasteiger partial charge on any atom is 0.186 e. The van der Waals surface area contributed by atoms with E-state index in [-0.39, 0.29) is 0 Å². The average molecular weight is 261 g/mol. The first-order valence-electron chi connectivity index (χ1n) is 6.52. The quantitative estimate of drug-likeness (QED) is 0.855. The summed E-state index contributed by atoms with van der Waals surface area (Å²) in [5, 5.41) is 4.67. The van der Waals surface area contributed by atoms with Gasteiger partial charge in [0, 0.05) is 25.2 Å². The Kier molecular flexibility index (Phi) is 2.99. The summed E-state index contributed by atoms with van der Waals surface area (Å²) in [6, 6.07) is 7.51. The molecule has 0 amide bonds. The standard InChI is InChI=1S/C14H19N3S/c1-9-4-5-12-13(8-9)18-14(16-12)17-7-6-15-10(2)11(17)3/h4-5,8,10-11,15H,6-7H2,1-3H3/t10-,11+/m0/s1. The maximum atomic E-state index is 4.78. The summed E-state index contributed by atoms with van der Waals surface area (Å²) in [6.07, 6.45) is 0. The van der Waals surface area contributed by atoms with Crippen molar-refractivity contribution in [3.63, 3.8) is 0 Å². The monoisotopic (exact) mass is 261 g/mol. The lowest BCUT2D eigenvalue weighted by atomic mass is 10.1. The molecule has 1 N–H and O–H groups in total. The van der Waals surface area contributed by atoms with Crippen LogP contribution in [0.15, 0.2) is 18.2 Å². The number of aromatic nitrogens is 1. The molecule has 0 aliphatic carbocycles. The summed E-state index contributed by atoms with van der Waals surface area (Å²) < 4.78 is 1.29. The van der Waals surface area contributed by atoms with Gasteiger partial charge in [0.2, 0.25) is 0 Å². The van der Waals surface area contributed by atoms with E-state index in [9.17, 15) is 0 Å². The highest BCUT2D eigenvalue weighted by atomic mass is 32.1. The molecule has 0 bridgehead atoms. The Morgan fingerprint density at radius 2 is 2.22 bits per heavy atom. The number of aryl methyl sites for hydroxylation is 1. The lowest BCUT2D eigenvalue weighted by molar-refractivity contribution is 0.404. The molecule has 1 fully saturated rings. The van der Waals surface area contributed by atoms with Gasteiger partial charge in [-0.05, 0) is 38.5 Å². The maximum absolute atomic E-state index is 4.78. The number of benzene rings is 1. The van der Waals surface area contributed by atoms with Crippen molar-refractivity contribution < 1.29 is 0 Å². The second-order valence-corrected chi connectivity index (χ2v) is 6.15. The van der Waals surface area contributed by atoms with Crippen LogP contribution in [-0.4, -0.2) is 30.2 Å².